The number of fused-ring (bicyclic) bond motifs is 1. The Labute approximate surface area is 200 Å². The van der Waals surface area contributed by atoms with E-state index in [4.69, 9.17) is 9.47 Å². The van der Waals surface area contributed by atoms with E-state index < -0.39 is 6.10 Å². The van der Waals surface area contributed by atoms with E-state index in [0.29, 0.717) is 13.2 Å². The highest BCUT2D eigenvalue weighted by Crippen LogP contribution is 2.47. The van der Waals surface area contributed by atoms with Gasteiger partial charge in [0.15, 0.2) is 6.10 Å². The Hall–Kier alpha value is -2.80. The number of carbonyl (C=O) groups is 1. The fourth-order valence-electron chi connectivity index (χ4n) is 3.87. The van der Waals surface area contributed by atoms with Gasteiger partial charge >= 0.3 is 0 Å². The number of carbonyl (C=O) groups excluding carboxylic acids is 1. The first-order chi connectivity index (χ1) is 16.1. The van der Waals surface area contributed by atoms with Gasteiger partial charge in [-0.05, 0) is 49.5 Å². The summed E-state index contributed by atoms with van der Waals surface area (Å²) in [6.07, 6.45) is -0.627. The molecule has 1 amide bonds. The molecular weight excluding hydrogens is 432 g/mol. The second-order valence-corrected chi connectivity index (χ2v) is 9.47. The van der Waals surface area contributed by atoms with E-state index in [2.05, 4.69) is 11.0 Å². The first-order valence-corrected chi connectivity index (χ1v) is 12.0. The minimum Gasteiger partial charge on any atom is -0.497 e. The predicted octanol–water partition coefficient (Wildman–Crippen LogP) is 5.02. The fraction of sp³-hybridized carbons (Fsp3) is 0.296. The molecule has 1 heterocycles. The average molecular weight is 463 g/mol. The number of thioether (sulfide) groups is 1. The number of benzene rings is 3. The Bertz CT molecular complexity index is 1060. The maximum atomic E-state index is 14.0. The molecule has 0 saturated heterocycles. The summed E-state index contributed by atoms with van der Waals surface area (Å²) in [4.78, 5) is 19.1. The highest BCUT2D eigenvalue weighted by molar-refractivity contribution is 7.99. The third kappa shape index (κ3) is 5.58. The van der Waals surface area contributed by atoms with Crippen LogP contribution in [0.2, 0.25) is 0 Å². The van der Waals surface area contributed by atoms with E-state index in [1.807, 2.05) is 91.8 Å². The van der Waals surface area contributed by atoms with Crippen molar-refractivity contribution in [3.05, 3.63) is 90.0 Å². The van der Waals surface area contributed by atoms with Crippen molar-refractivity contribution in [1.82, 2.24) is 4.90 Å². The molecular formula is C27H30N2O3S. The van der Waals surface area contributed by atoms with E-state index >= 15 is 0 Å². The molecule has 3 aromatic carbocycles. The molecule has 1 aliphatic heterocycles. The van der Waals surface area contributed by atoms with Gasteiger partial charge in [0, 0.05) is 18.0 Å². The van der Waals surface area contributed by atoms with Crippen molar-refractivity contribution in [3.8, 4) is 5.75 Å². The van der Waals surface area contributed by atoms with Crippen molar-refractivity contribution in [2.24, 2.45) is 0 Å². The van der Waals surface area contributed by atoms with Gasteiger partial charge in [-0.25, -0.2) is 0 Å². The van der Waals surface area contributed by atoms with Gasteiger partial charge in [0.2, 0.25) is 0 Å². The average Bonchev–Trinajstić information content (AvgIpc) is 2.96. The van der Waals surface area contributed by atoms with Gasteiger partial charge in [-0.2, -0.15) is 0 Å². The van der Waals surface area contributed by atoms with E-state index in [0.717, 1.165) is 34.0 Å². The number of likely N-dealkylation sites (N-methyl/N-ethyl adjacent to an activating group) is 1. The summed E-state index contributed by atoms with van der Waals surface area (Å²) in [5, 5.41) is -0.183. The molecule has 0 aliphatic carbocycles. The minimum absolute atomic E-state index is 0.00829. The molecule has 0 fully saturated rings. The van der Waals surface area contributed by atoms with Crippen LogP contribution in [0, 0.1) is 0 Å². The highest BCUT2D eigenvalue weighted by atomic mass is 32.2. The zero-order valence-electron chi connectivity index (χ0n) is 19.3. The van der Waals surface area contributed by atoms with Crippen molar-refractivity contribution >= 4 is 23.4 Å². The quantitative estimate of drug-likeness (QED) is 0.470. The van der Waals surface area contributed by atoms with Crippen molar-refractivity contribution in [1.29, 1.82) is 0 Å². The normalized spacial score (nSPS) is 18.2. The Kier molecular flexibility index (Phi) is 7.70. The van der Waals surface area contributed by atoms with Crippen molar-refractivity contribution in [2.75, 3.05) is 39.2 Å². The Morgan fingerprint density at radius 3 is 2.33 bits per heavy atom. The number of amides is 1. The van der Waals surface area contributed by atoms with E-state index in [1.165, 1.54) is 0 Å². The fourth-order valence-corrected chi connectivity index (χ4v) is 5.21. The number of rotatable bonds is 8. The Morgan fingerprint density at radius 1 is 0.939 bits per heavy atom. The SMILES string of the molecule is COc1ccc(C2Sc3ccccc3N(CCN(C)C)C(=O)C2OCc2ccccc2)cc1. The van der Waals surface area contributed by atoms with E-state index in [-0.39, 0.29) is 11.2 Å². The van der Waals surface area contributed by atoms with Crippen LogP contribution in [0.25, 0.3) is 0 Å². The lowest BCUT2D eigenvalue weighted by Gasteiger charge is -2.29. The second-order valence-electron chi connectivity index (χ2n) is 8.29. The molecule has 33 heavy (non-hydrogen) atoms. The maximum absolute atomic E-state index is 14.0. The van der Waals surface area contributed by atoms with Crippen LogP contribution >= 0.6 is 11.8 Å². The standard InChI is InChI=1S/C27H30N2O3S/c1-28(2)17-18-29-23-11-7-8-12-24(23)33-26(21-13-15-22(31-3)16-14-21)25(27(29)30)32-19-20-9-5-4-6-10-20/h4-16,25-26H,17-19H2,1-3H3. The number of para-hydroxylation sites is 1. The van der Waals surface area contributed by atoms with Crippen LogP contribution in [0.15, 0.2) is 83.8 Å². The molecule has 5 nitrogen and oxygen atoms in total. The summed E-state index contributed by atoms with van der Waals surface area (Å²) in [6.45, 7) is 1.75. The molecule has 2 unspecified atom stereocenters. The highest BCUT2D eigenvalue weighted by Gasteiger charge is 2.39. The molecule has 0 spiro atoms. The Balaban J connectivity index is 1.72. The predicted molar refractivity (Wildman–Crippen MR) is 134 cm³/mol. The number of methoxy groups -OCH3 is 1. The van der Waals surface area contributed by atoms with Crippen LogP contribution in [0.4, 0.5) is 5.69 Å². The van der Waals surface area contributed by atoms with Crippen LogP contribution < -0.4 is 9.64 Å². The third-order valence-corrected chi connectivity index (χ3v) is 7.05. The number of hydrogen-bond acceptors (Lipinski definition) is 5. The lowest BCUT2D eigenvalue weighted by atomic mass is 10.1. The van der Waals surface area contributed by atoms with Crippen LogP contribution in [0.3, 0.4) is 0 Å². The summed E-state index contributed by atoms with van der Waals surface area (Å²) in [7, 11) is 5.70. The molecule has 2 atom stereocenters. The van der Waals surface area contributed by atoms with Gasteiger partial charge in [0.1, 0.15) is 5.75 Å². The summed E-state index contributed by atoms with van der Waals surface area (Å²) in [5.41, 5.74) is 3.03. The van der Waals surface area contributed by atoms with Gasteiger partial charge in [-0.1, -0.05) is 54.6 Å². The summed E-state index contributed by atoms with van der Waals surface area (Å²) >= 11 is 1.69. The third-order valence-electron chi connectivity index (χ3n) is 5.68. The zero-order valence-corrected chi connectivity index (χ0v) is 20.1. The molecule has 0 aromatic heterocycles. The van der Waals surface area contributed by atoms with Crippen LogP contribution in [0.5, 0.6) is 5.75 Å². The molecule has 1 aliphatic rings. The summed E-state index contributed by atoms with van der Waals surface area (Å²) in [5.74, 6) is 0.782. The summed E-state index contributed by atoms with van der Waals surface area (Å²) in [6, 6.07) is 26.1. The van der Waals surface area contributed by atoms with Gasteiger partial charge in [0.25, 0.3) is 5.91 Å². The first-order valence-electron chi connectivity index (χ1n) is 11.1. The topological polar surface area (TPSA) is 42.0 Å². The monoisotopic (exact) mass is 462 g/mol. The lowest BCUT2D eigenvalue weighted by molar-refractivity contribution is -0.131. The first kappa shape index (κ1) is 23.4. The lowest BCUT2D eigenvalue weighted by Crippen LogP contribution is -2.44. The number of ether oxygens (including phenoxy) is 2. The zero-order chi connectivity index (χ0) is 23.2. The maximum Gasteiger partial charge on any atom is 0.257 e. The number of anilines is 1. The summed E-state index contributed by atoms with van der Waals surface area (Å²) < 4.78 is 11.7. The van der Waals surface area contributed by atoms with Crippen LogP contribution in [-0.4, -0.2) is 51.2 Å². The van der Waals surface area contributed by atoms with Crippen molar-refractivity contribution in [2.45, 2.75) is 22.9 Å². The molecule has 172 valence electrons. The molecule has 0 saturated carbocycles. The number of hydrogen-bond donors (Lipinski definition) is 0. The van der Waals surface area contributed by atoms with Gasteiger partial charge in [0.05, 0.1) is 24.7 Å². The van der Waals surface area contributed by atoms with Crippen LogP contribution in [-0.2, 0) is 16.1 Å². The van der Waals surface area contributed by atoms with Crippen molar-refractivity contribution in [3.63, 3.8) is 0 Å². The second kappa shape index (κ2) is 10.9. The molecule has 4 rings (SSSR count). The van der Waals surface area contributed by atoms with E-state index in [9.17, 15) is 4.79 Å². The van der Waals surface area contributed by atoms with Gasteiger partial charge in [-0.3, -0.25) is 4.79 Å². The van der Waals surface area contributed by atoms with Crippen molar-refractivity contribution < 1.29 is 14.3 Å². The molecule has 0 radical (unpaired) electrons. The molecule has 0 bridgehead atoms. The smallest absolute Gasteiger partial charge is 0.257 e. The van der Waals surface area contributed by atoms with Gasteiger partial charge in [-0.15, -0.1) is 11.8 Å². The molecule has 3 aromatic rings. The molecule has 0 N–H and O–H groups in total. The molecule has 6 heteroatoms. The van der Waals surface area contributed by atoms with E-state index in [1.54, 1.807) is 18.9 Å². The largest absolute Gasteiger partial charge is 0.497 e. The van der Waals surface area contributed by atoms with Gasteiger partial charge < -0.3 is 19.3 Å². The minimum atomic E-state index is -0.627. The van der Waals surface area contributed by atoms with Crippen LogP contribution in [0.1, 0.15) is 16.4 Å². The Morgan fingerprint density at radius 2 is 1.64 bits per heavy atom. The number of nitrogens with zero attached hydrogens (tertiary/aromatic N) is 2.